The van der Waals surface area contributed by atoms with E-state index in [-0.39, 0.29) is 6.15 Å². The normalized spacial score (nSPS) is 6.50. The summed E-state index contributed by atoms with van der Waals surface area (Å²) < 4.78 is 0. The molecular formula is C5H11N3O2. The van der Waals surface area contributed by atoms with Crippen molar-refractivity contribution in [3.8, 4) is 0 Å². The molecule has 0 atom stereocenters. The highest BCUT2D eigenvalue weighted by molar-refractivity contribution is 5.60. The van der Waals surface area contributed by atoms with Crippen molar-refractivity contribution < 1.29 is 9.90 Å². The third kappa shape index (κ3) is 15.9. The highest BCUT2D eigenvalue weighted by Gasteiger charge is 1.56. The minimum absolute atomic E-state index is 0. The van der Waals surface area contributed by atoms with E-state index < -0.39 is 5.97 Å². The van der Waals surface area contributed by atoms with Crippen molar-refractivity contribution in [1.29, 1.82) is 0 Å². The fraction of sp³-hybridized carbons (Fsp3) is 0.200. The Morgan fingerprint density at radius 3 is 2.30 bits per heavy atom. The van der Waals surface area contributed by atoms with Gasteiger partial charge in [-0.1, -0.05) is 0 Å². The van der Waals surface area contributed by atoms with Crippen LogP contribution in [0, 0.1) is 0 Å². The summed E-state index contributed by atoms with van der Waals surface area (Å²) in [6, 6.07) is 0. The summed E-state index contributed by atoms with van der Waals surface area (Å²) >= 11 is 0. The number of hydrogen-bond donors (Lipinski definition) is 2. The number of aromatic nitrogens is 2. The van der Waals surface area contributed by atoms with E-state index >= 15 is 0 Å². The van der Waals surface area contributed by atoms with Gasteiger partial charge in [0.2, 0.25) is 0 Å². The standard InChI is InChI=1S/C3H4N2.C2H4O2.H3N/c1-2-5-3-4-1;1-2(3)4;/h1-3H,(H,4,5);1H3,(H,3,4);1H3. The molecule has 1 aromatic rings. The van der Waals surface area contributed by atoms with Crippen molar-refractivity contribution >= 4 is 5.97 Å². The largest absolute Gasteiger partial charge is 0.550 e. The van der Waals surface area contributed by atoms with Gasteiger partial charge in [0.05, 0.1) is 6.33 Å². The summed E-state index contributed by atoms with van der Waals surface area (Å²) in [7, 11) is 0. The smallest absolute Gasteiger partial charge is 0.0919 e. The van der Waals surface area contributed by atoms with Gasteiger partial charge >= 0.3 is 0 Å². The summed E-state index contributed by atoms with van der Waals surface area (Å²) in [5.74, 6) is -1.08. The number of carbonyl (C=O) groups excluding carboxylic acids is 1. The second kappa shape index (κ2) is 7.64. The number of H-pyrrole nitrogens is 1. The molecule has 0 saturated heterocycles. The number of imidazole rings is 1. The van der Waals surface area contributed by atoms with Crippen LogP contribution in [-0.4, -0.2) is 15.9 Å². The molecule has 5 N–H and O–H groups in total. The average Bonchev–Trinajstić information content (AvgIpc) is 2.11. The molecule has 0 bridgehead atoms. The zero-order valence-corrected chi connectivity index (χ0v) is 6.00. The summed E-state index contributed by atoms with van der Waals surface area (Å²) in [5.41, 5.74) is 0. The number of carbonyl (C=O) groups is 1. The van der Waals surface area contributed by atoms with Crippen molar-refractivity contribution in [2.24, 2.45) is 0 Å². The van der Waals surface area contributed by atoms with Crippen LogP contribution in [-0.2, 0) is 4.79 Å². The van der Waals surface area contributed by atoms with E-state index in [0.717, 1.165) is 6.92 Å². The third-order valence-corrected chi connectivity index (χ3v) is 0.406. The van der Waals surface area contributed by atoms with E-state index in [1.54, 1.807) is 18.7 Å². The van der Waals surface area contributed by atoms with Crippen molar-refractivity contribution in [3.63, 3.8) is 0 Å². The zero-order valence-electron chi connectivity index (χ0n) is 6.00. The monoisotopic (exact) mass is 145 g/mol. The summed E-state index contributed by atoms with van der Waals surface area (Å²) in [4.78, 5) is 15.3. The maximum absolute atomic E-state index is 8.89. The molecule has 1 aromatic heterocycles. The summed E-state index contributed by atoms with van der Waals surface area (Å²) in [6.07, 6.45) is 5.08. The minimum Gasteiger partial charge on any atom is -0.550 e. The lowest BCUT2D eigenvalue weighted by Crippen LogP contribution is -2.16. The van der Waals surface area contributed by atoms with E-state index in [0.29, 0.717) is 0 Å². The molecule has 0 aliphatic heterocycles. The van der Waals surface area contributed by atoms with Gasteiger partial charge in [0.15, 0.2) is 0 Å². The van der Waals surface area contributed by atoms with E-state index in [2.05, 4.69) is 9.97 Å². The fourth-order valence-corrected chi connectivity index (χ4v) is 0.215. The zero-order chi connectivity index (χ0) is 7.11. The average molecular weight is 145 g/mol. The lowest BCUT2D eigenvalue weighted by atomic mass is 10.9. The van der Waals surface area contributed by atoms with Gasteiger partial charge in [-0.3, -0.25) is 0 Å². The molecule has 0 saturated carbocycles. The number of hydrogen-bond acceptors (Lipinski definition) is 3. The Bertz CT molecular complexity index is 129. The SMILES string of the molecule is CC(=O)[O-].[NH4+].c1c[nH]cn1. The number of aromatic amines is 1. The number of nitrogens with one attached hydrogen (secondary N) is 1. The van der Waals surface area contributed by atoms with Crippen molar-refractivity contribution in [2.45, 2.75) is 6.92 Å². The first kappa shape index (κ1) is 11.4. The van der Waals surface area contributed by atoms with Gasteiger partial charge in [0, 0.05) is 18.4 Å². The Morgan fingerprint density at radius 1 is 1.70 bits per heavy atom. The van der Waals surface area contributed by atoms with Gasteiger partial charge in [-0.15, -0.1) is 0 Å². The molecule has 1 rings (SSSR count). The molecule has 0 amide bonds. The molecular weight excluding hydrogens is 134 g/mol. The Kier molecular flexibility index (Phi) is 8.74. The summed E-state index contributed by atoms with van der Waals surface area (Å²) in [5, 5.41) is 8.89. The molecule has 0 aliphatic rings. The van der Waals surface area contributed by atoms with Crippen LogP contribution in [0.4, 0.5) is 0 Å². The van der Waals surface area contributed by atoms with Crippen LogP contribution in [0.3, 0.4) is 0 Å². The maximum atomic E-state index is 8.89. The molecule has 0 aromatic carbocycles. The fourth-order valence-electron chi connectivity index (χ4n) is 0.215. The lowest BCUT2D eigenvalue weighted by molar-refractivity contribution is -0.302. The first-order valence-electron chi connectivity index (χ1n) is 2.34. The lowest BCUT2D eigenvalue weighted by Gasteiger charge is -1.77. The van der Waals surface area contributed by atoms with E-state index in [1.807, 2.05) is 0 Å². The van der Waals surface area contributed by atoms with Crippen LogP contribution in [0.25, 0.3) is 0 Å². The molecule has 58 valence electrons. The van der Waals surface area contributed by atoms with Crippen LogP contribution in [0.1, 0.15) is 6.92 Å². The Hall–Kier alpha value is -1.36. The molecule has 5 nitrogen and oxygen atoms in total. The van der Waals surface area contributed by atoms with Gasteiger partial charge in [-0.2, -0.15) is 0 Å². The van der Waals surface area contributed by atoms with Crippen LogP contribution in [0.5, 0.6) is 0 Å². The van der Waals surface area contributed by atoms with Gasteiger partial charge in [0.1, 0.15) is 0 Å². The number of carboxylic acids is 1. The predicted octanol–water partition coefficient (Wildman–Crippen LogP) is -0.458. The van der Waals surface area contributed by atoms with E-state index in [4.69, 9.17) is 9.90 Å². The predicted molar refractivity (Wildman–Crippen MR) is 35.3 cm³/mol. The molecule has 10 heavy (non-hydrogen) atoms. The first-order chi connectivity index (χ1) is 4.23. The maximum Gasteiger partial charge on any atom is 0.0919 e. The van der Waals surface area contributed by atoms with Crippen molar-refractivity contribution in [1.82, 2.24) is 16.1 Å². The Morgan fingerprint density at radius 2 is 2.20 bits per heavy atom. The molecule has 0 unspecified atom stereocenters. The topological polar surface area (TPSA) is 105 Å². The van der Waals surface area contributed by atoms with Crippen LogP contribution in [0.2, 0.25) is 0 Å². The molecule has 0 aliphatic carbocycles. The second-order valence-electron chi connectivity index (χ2n) is 1.25. The molecule has 1 heterocycles. The van der Waals surface area contributed by atoms with E-state index in [9.17, 15) is 0 Å². The molecule has 0 spiro atoms. The second-order valence-corrected chi connectivity index (χ2v) is 1.25. The first-order valence-corrected chi connectivity index (χ1v) is 2.34. The number of quaternary nitrogens is 1. The number of carboxylic acid groups (broad SMARTS) is 1. The van der Waals surface area contributed by atoms with Gasteiger partial charge in [-0.05, 0) is 6.92 Å². The number of aliphatic carboxylic acids is 1. The molecule has 5 heteroatoms. The highest BCUT2D eigenvalue weighted by Crippen LogP contribution is 1.62. The highest BCUT2D eigenvalue weighted by atomic mass is 16.4. The minimum atomic E-state index is -1.08. The van der Waals surface area contributed by atoms with Crippen molar-refractivity contribution in [2.75, 3.05) is 0 Å². The van der Waals surface area contributed by atoms with Crippen LogP contribution in [0.15, 0.2) is 18.7 Å². The quantitative estimate of drug-likeness (QED) is 0.516. The molecule has 0 fully saturated rings. The van der Waals surface area contributed by atoms with Crippen molar-refractivity contribution in [3.05, 3.63) is 18.7 Å². The number of rotatable bonds is 0. The van der Waals surface area contributed by atoms with Crippen LogP contribution >= 0.6 is 0 Å². The van der Waals surface area contributed by atoms with Crippen LogP contribution < -0.4 is 11.3 Å². The van der Waals surface area contributed by atoms with Gasteiger partial charge in [0.25, 0.3) is 0 Å². The Balaban J connectivity index is 0. The Labute approximate surface area is 58.7 Å². The van der Waals surface area contributed by atoms with Gasteiger partial charge in [-0.25, -0.2) is 4.98 Å². The number of nitrogens with zero attached hydrogens (tertiary/aromatic N) is 1. The summed E-state index contributed by atoms with van der Waals surface area (Å²) in [6.45, 7) is 0.972. The van der Waals surface area contributed by atoms with E-state index in [1.165, 1.54) is 0 Å². The third-order valence-electron chi connectivity index (χ3n) is 0.406. The van der Waals surface area contributed by atoms with Gasteiger partial charge < -0.3 is 21.0 Å². The molecule has 0 radical (unpaired) electrons.